The Morgan fingerprint density at radius 3 is 2.83 bits per heavy atom. The molecule has 0 bridgehead atoms. The summed E-state index contributed by atoms with van der Waals surface area (Å²) >= 11 is 0. The number of allylic oxidation sites excluding steroid dienone is 2. The summed E-state index contributed by atoms with van der Waals surface area (Å²) in [5, 5.41) is 1.68. The van der Waals surface area contributed by atoms with Crippen LogP contribution in [0.15, 0.2) is 28.8 Å². The van der Waals surface area contributed by atoms with Gasteiger partial charge in [-0.15, -0.1) is 0 Å². The van der Waals surface area contributed by atoms with Gasteiger partial charge in [0.25, 0.3) is 5.56 Å². The van der Waals surface area contributed by atoms with Gasteiger partial charge < -0.3 is 14.1 Å². The maximum absolute atomic E-state index is 11.8. The normalized spacial score (nSPS) is 20.8. The third-order valence-electron chi connectivity index (χ3n) is 2.91. The standard InChI is InChI=1S/C14H15NO3/c1-18-12-5-3-2-4-11-6-7-14(17)15(8-9-16)13(11)10-12/h4-7,9-10H,2-3,8H2,1H3/b11-4+,12-5+,13-10+. The lowest BCUT2D eigenvalue weighted by Crippen LogP contribution is -2.43. The van der Waals surface area contributed by atoms with Crippen LogP contribution in [0.1, 0.15) is 12.8 Å². The van der Waals surface area contributed by atoms with E-state index in [1.807, 2.05) is 6.08 Å². The van der Waals surface area contributed by atoms with Crippen molar-refractivity contribution in [2.45, 2.75) is 19.4 Å². The van der Waals surface area contributed by atoms with Crippen LogP contribution >= 0.6 is 0 Å². The van der Waals surface area contributed by atoms with Crippen LogP contribution in [0.5, 0.6) is 0 Å². The van der Waals surface area contributed by atoms with E-state index in [1.54, 1.807) is 19.3 Å². The van der Waals surface area contributed by atoms with Gasteiger partial charge in [0.15, 0.2) is 0 Å². The second kappa shape index (κ2) is 5.49. The summed E-state index contributed by atoms with van der Waals surface area (Å²) in [7, 11) is 1.60. The monoisotopic (exact) mass is 245 g/mol. The van der Waals surface area contributed by atoms with Crippen LogP contribution < -0.4 is 16.1 Å². The van der Waals surface area contributed by atoms with E-state index in [0.29, 0.717) is 0 Å². The maximum Gasteiger partial charge on any atom is 0.251 e. The van der Waals surface area contributed by atoms with E-state index >= 15 is 0 Å². The molecule has 1 heterocycles. The van der Waals surface area contributed by atoms with Gasteiger partial charge in [-0.1, -0.05) is 6.08 Å². The third-order valence-corrected chi connectivity index (χ3v) is 2.91. The number of aldehydes is 1. The molecule has 0 aliphatic heterocycles. The molecule has 1 aliphatic rings. The van der Waals surface area contributed by atoms with E-state index in [9.17, 15) is 9.59 Å². The second-order valence-corrected chi connectivity index (χ2v) is 4.03. The van der Waals surface area contributed by atoms with Crippen molar-refractivity contribution in [2.75, 3.05) is 7.11 Å². The molecule has 0 saturated carbocycles. The molecular formula is C14H15NO3. The zero-order chi connectivity index (χ0) is 13.0. The summed E-state index contributed by atoms with van der Waals surface area (Å²) in [6, 6.07) is 3.28. The first kappa shape index (κ1) is 12.4. The molecule has 0 spiro atoms. The molecule has 4 nitrogen and oxygen atoms in total. The van der Waals surface area contributed by atoms with Crippen LogP contribution in [-0.4, -0.2) is 18.0 Å². The number of ether oxygens (including phenoxy) is 1. The number of pyridine rings is 1. The summed E-state index contributed by atoms with van der Waals surface area (Å²) in [6.45, 7) is 0.0589. The molecule has 94 valence electrons. The Bertz CT molecular complexity index is 653. The van der Waals surface area contributed by atoms with E-state index in [0.717, 1.165) is 35.5 Å². The molecule has 4 heteroatoms. The third kappa shape index (κ3) is 2.42. The van der Waals surface area contributed by atoms with Crippen molar-refractivity contribution in [3.63, 3.8) is 0 Å². The van der Waals surface area contributed by atoms with E-state index in [1.165, 1.54) is 10.6 Å². The van der Waals surface area contributed by atoms with Crippen LogP contribution in [-0.2, 0) is 16.1 Å². The highest BCUT2D eigenvalue weighted by atomic mass is 16.5. The average Bonchev–Trinajstić information content (AvgIpc) is 2.35. The molecule has 0 aromatic carbocycles. The summed E-state index contributed by atoms with van der Waals surface area (Å²) < 4.78 is 6.70. The fraction of sp³-hybridized carbons (Fsp3) is 0.286. The lowest BCUT2D eigenvalue weighted by molar-refractivity contribution is -0.108. The number of rotatable bonds is 3. The van der Waals surface area contributed by atoms with Gasteiger partial charge in [-0.25, -0.2) is 0 Å². The number of carbonyl (C=O) groups is 1. The minimum absolute atomic E-state index is 0.0589. The quantitative estimate of drug-likeness (QED) is 0.701. The first-order valence-electron chi connectivity index (χ1n) is 5.86. The second-order valence-electron chi connectivity index (χ2n) is 4.03. The summed E-state index contributed by atoms with van der Waals surface area (Å²) in [5.74, 6) is 0.717. The van der Waals surface area contributed by atoms with Crippen molar-refractivity contribution in [1.82, 2.24) is 4.57 Å². The summed E-state index contributed by atoms with van der Waals surface area (Å²) in [5.41, 5.74) is -0.179. The van der Waals surface area contributed by atoms with E-state index in [4.69, 9.17) is 4.74 Å². The lowest BCUT2D eigenvalue weighted by atomic mass is 10.1. The summed E-state index contributed by atoms with van der Waals surface area (Å²) in [6.07, 6.45) is 8.34. The fourth-order valence-corrected chi connectivity index (χ4v) is 2.01. The van der Waals surface area contributed by atoms with Crippen molar-refractivity contribution in [3.05, 3.63) is 44.9 Å². The molecule has 1 aliphatic carbocycles. The van der Waals surface area contributed by atoms with E-state index < -0.39 is 0 Å². The van der Waals surface area contributed by atoms with Crippen LogP contribution in [0.25, 0.3) is 12.2 Å². The Morgan fingerprint density at radius 1 is 1.33 bits per heavy atom. The van der Waals surface area contributed by atoms with Crippen LogP contribution in [0.2, 0.25) is 0 Å². The molecule has 1 aromatic heterocycles. The predicted octanol–water partition coefficient (Wildman–Crippen LogP) is -0.0677. The van der Waals surface area contributed by atoms with Gasteiger partial charge in [0, 0.05) is 12.1 Å². The molecule has 0 saturated heterocycles. The first-order chi connectivity index (χ1) is 8.76. The topological polar surface area (TPSA) is 48.3 Å². The van der Waals surface area contributed by atoms with Crippen molar-refractivity contribution in [2.24, 2.45) is 0 Å². The van der Waals surface area contributed by atoms with Crippen LogP contribution in [0.4, 0.5) is 0 Å². The Labute approximate surface area is 105 Å². The van der Waals surface area contributed by atoms with Crippen LogP contribution in [0, 0.1) is 0 Å². The number of aromatic nitrogens is 1. The van der Waals surface area contributed by atoms with E-state index in [-0.39, 0.29) is 12.1 Å². The predicted molar refractivity (Wildman–Crippen MR) is 69.3 cm³/mol. The molecule has 0 radical (unpaired) electrons. The highest BCUT2D eigenvalue weighted by Gasteiger charge is 2.02. The number of carbonyl (C=O) groups excluding carboxylic acids is 1. The van der Waals surface area contributed by atoms with Gasteiger partial charge in [0.2, 0.25) is 0 Å². The number of hydrogen-bond donors (Lipinski definition) is 0. The van der Waals surface area contributed by atoms with Crippen molar-refractivity contribution in [1.29, 1.82) is 0 Å². The molecule has 0 fully saturated rings. The van der Waals surface area contributed by atoms with Crippen molar-refractivity contribution in [3.8, 4) is 0 Å². The Morgan fingerprint density at radius 2 is 2.11 bits per heavy atom. The molecule has 1 aromatic rings. The summed E-state index contributed by atoms with van der Waals surface area (Å²) in [4.78, 5) is 22.5. The number of fused-ring (bicyclic) bond motifs is 1. The Hall–Kier alpha value is -2.10. The smallest absolute Gasteiger partial charge is 0.251 e. The first-order valence-corrected chi connectivity index (χ1v) is 5.86. The van der Waals surface area contributed by atoms with Crippen molar-refractivity contribution < 1.29 is 9.53 Å². The Balaban J connectivity index is 2.80. The molecular weight excluding hydrogens is 230 g/mol. The number of hydrogen-bond acceptors (Lipinski definition) is 3. The zero-order valence-corrected chi connectivity index (χ0v) is 10.3. The maximum atomic E-state index is 11.8. The number of nitrogens with zero attached hydrogens (tertiary/aromatic N) is 1. The molecule has 2 rings (SSSR count). The van der Waals surface area contributed by atoms with E-state index in [2.05, 4.69) is 6.08 Å². The highest BCUT2D eigenvalue weighted by Crippen LogP contribution is 2.03. The lowest BCUT2D eigenvalue weighted by Gasteiger charge is -2.07. The van der Waals surface area contributed by atoms with Crippen molar-refractivity contribution >= 4 is 18.4 Å². The minimum atomic E-state index is -0.179. The zero-order valence-electron chi connectivity index (χ0n) is 10.3. The average molecular weight is 245 g/mol. The molecule has 0 N–H and O–H groups in total. The van der Waals surface area contributed by atoms with Crippen LogP contribution in [0.3, 0.4) is 0 Å². The van der Waals surface area contributed by atoms with Gasteiger partial charge >= 0.3 is 0 Å². The molecule has 0 unspecified atom stereocenters. The highest BCUT2D eigenvalue weighted by molar-refractivity contribution is 5.50. The largest absolute Gasteiger partial charge is 0.497 e. The molecule has 0 amide bonds. The SMILES string of the molecule is COC1=C\CC\C=c2/ccc(=O)n(CC=O)/c2=C/1. The molecule has 0 atom stereocenters. The fourth-order valence-electron chi connectivity index (χ4n) is 2.01. The van der Waals surface area contributed by atoms with Gasteiger partial charge in [-0.3, -0.25) is 4.79 Å². The minimum Gasteiger partial charge on any atom is -0.497 e. The van der Waals surface area contributed by atoms with Gasteiger partial charge in [-0.05, 0) is 30.2 Å². The molecule has 18 heavy (non-hydrogen) atoms. The number of methoxy groups -OCH3 is 1. The van der Waals surface area contributed by atoms with Gasteiger partial charge in [0.1, 0.15) is 12.0 Å². The van der Waals surface area contributed by atoms with Gasteiger partial charge in [-0.2, -0.15) is 0 Å². The van der Waals surface area contributed by atoms with Gasteiger partial charge in [0.05, 0.1) is 19.0 Å². The Kier molecular flexibility index (Phi) is 3.77.